The van der Waals surface area contributed by atoms with Crippen molar-refractivity contribution >= 4 is 10.2 Å². The molecule has 0 spiro atoms. The highest BCUT2D eigenvalue weighted by atomic mass is 28.1. The smallest absolute Gasteiger partial charge is 0.0650 e. The minimum Gasteiger partial charge on any atom is -0.294 e. The molecule has 0 aromatic rings. The van der Waals surface area contributed by atoms with Gasteiger partial charge in [0.05, 0.1) is 6.17 Å². The van der Waals surface area contributed by atoms with Crippen molar-refractivity contribution in [2.24, 2.45) is 0 Å². The Morgan fingerprint density at radius 3 is 1.92 bits per heavy atom. The third-order valence-corrected chi connectivity index (χ3v) is 3.18. The molecule has 3 heteroatoms. The standard InChI is InChI=1S/C9H22N2Si/c1-8(7-12)6-9(10(2)3)11(4)5/h7,9H,6H2,1-5,12H3. The van der Waals surface area contributed by atoms with Crippen LogP contribution in [0.3, 0.4) is 0 Å². The van der Waals surface area contributed by atoms with Gasteiger partial charge in [0, 0.05) is 10.2 Å². The van der Waals surface area contributed by atoms with Gasteiger partial charge in [-0.1, -0.05) is 5.57 Å². The SMILES string of the molecule is CC(=C[SiH3])CC(N(C)C)N(C)C. The highest BCUT2D eigenvalue weighted by Crippen LogP contribution is 2.09. The van der Waals surface area contributed by atoms with Crippen LogP contribution in [0.4, 0.5) is 0 Å². The summed E-state index contributed by atoms with van der Waals surface area (Å²) in [6.45, 7) is 2.22. The average Bonchev–Trinajstić information content (AvgIpc) is 1.98. The average molecular weight is 186 g/mol. The van der Waals surface area contributed by atoms with E-state index in [1.807, 2.05) is 0 Å². The van der Waals surface area contributed by atoms with Crippen molar-refractivity contribution in [2.45, 2.75) is 19.5 Å². The summed E-state index contributed by atoms with van der Waals surface area (Å²) in [4.78, 5) is 4.52. The van der Waals surface area contributed by atoms with Crippen LogP contribution in [0.25, 0.3) is 0 Å². The van der Waals surface area contributed by atoms with Gasteiger partial charge < -0.3 is 0 Å². The van der Waals surface area contributed by atoms with Crippen LogP contribution in [0.2, 0.25) is 0 Å². The van der Waals surface area contributed by atoms with Gasteiger partial charge in [0.15, 0.2) is 0 Å². The van der Waals surface area contributed by atoms with Crippen LogP contribution in [0.1, 0.15) is 13.3 Å². The molecule has 0 amide bonds. The Kier molecular flexibility index (Phi) is 5.45. The summed E-state index contributed by atoms with van der Waals surface area (Å²) in [5.41, 5.74) is 3.83. The van der Waals surface area contributed by atoms with E-state index in [1.54, 1.807) is 0 Å². The van der Waals surface area contributed by atoms with Gasteiger partial charge in [-0.15, -0.1) is 5.70 Å². The van der Waals surface area contributed by atoms with Gasteiger partial charge in [-0.05, 0) is 41.5 Å². The lowest BCUT2D eigenvalue weighted by Gasteiger charge is -2.30. The zero-order chi connectivity index (χ0) is 9.72. The van der Waals surface area contributed by atoms with E-state index in [1.165, 1.54) is 15.8 Å². The van der Waals surface area contributed by atoms with Gasteiger partial charge in [0.25, 0.3) is 0 Å². The Morgan fingerprint density at radius 2 is 1.67 bits per heavy atom. The Bertz CT molecular complexity index is 145. The first-order valence-electron chi connectivity index (χ1n) is 4.43. The Balaban J connectivity index is 4.14. The fourth-order valence-corrected chi connectivity index (χ4v) is 1.47. The molecule has 0 aromatic carbocycles. The zero-order valence-corrected chi connectivity index (χ0v) is 11.3. The molecule has 0 bridgehead atoms. The summed E-state index contributed by atoms with van der Waals surface area (Å²) < 4.78 is 0. The van der Waals surface area contributed by atoms with E-state index >= 15 is 0 Å². The first-order chi connectivity index (χ1) is 5.49. The molecule has 0 N–H and O–H groups in total. The number of rotatable bonds is 4. The van der Waals surface area contributed by atoms with Gasteiger partial charge in [0.1, 0.15) is 0 Å². The molecular formula is C9H22N2Si. The predicted octanol–water partition coefficient (Wildman–Crippen LogP) is 0.0950. The van der Waals surface area contributed by atoms with Crippen LogP contribution in [0.5, 0.6) is 0 Å². The molecule has 0 fully saturated rings. The van der Waals surface area contributed by atoms with Crippen molar-refractivity contribution in [2.75, 3.05) is 28.2 Å². The second-order valence-corrected chi connectivity index (χ2v) is 4.32. The van der Waals surface area contributed by atoms with Crippen LogP contribution in [-0.4, -0.2) is 54.4 Å². The maximum Gasteiger partial charge on any atom is 0.0650 e. The van der Waals surface area contributed by atoms with E-state index < -0.39 is 0 Å². The lowest BCUT2D eigenvalue weighted by atomic mass is 10.2. The van der Waals surface area contributed by atoms with Gasteiger partial charge >= 0.3 is 0 Å². The molecule has 0 atom stereocenters. The molecule has 0 aromatic heterocycles. The number of hydrogen-bond acceptors (Lipinski definition) is 2. The van der Waals surface area contributed by atoms with E-state index in [2.05, 4.69) is 50.6 Å². The summed E-state index contributed by atoms with van der Waals surface area (Å²) in [6.07, 6.45) is 1.69. The van der Waals surface area contributed by atoms with Crippen molar-refractivity contribution in [1.29, 1.82) is 0 Å². The van der Waals surface area contributed by atoms with Gasteiger partial charge in [-0.2, -0.15) is 0 Å². The quantitative estimate of drug-likeness (QED) is 0.454. The molecule has 2 nitrogen and oxygen atoms in total. The maximum absolute atomic E-state index is 2.32. The molecule has 0 aliphatic carbocycles. The Labute approximate surface area is 79.7 Å². The molecule has 0 saturated heterocycles. The first kappa shape index (κ1) is 11.9. The van der Waals surface area contributed by atoms with Crippen LogP contribution in [0, 0.1) is 0 Å². The van der Waals surface area contributed by atoms with Gasteiger partial charge in [0.2, 0.25) is 0 Å². The lowest BCUT2D eigenvalue weighted by Crippen LogP contribution is -2.40. The molecular weight excluding hydrogens is 164 g/mol. The Morgan fingerprint density at radius 1 is 1.25 bits per heavy atom. The van der Waals surface area contributed by atoms with Crippen molar-refractivity contribution < 1.29 is 0 Å². The maximum atomic E-state index is 2.32. The largest absolute Gasteiger partial charge is 0.294 e. The molecule has 0 rings (SSSR count). The second kappa shape index (κ2) is 5.51. The Hall–Kier alpha value is -0.123. The molecule has 0 heterocycles. The molecule has 72 valence electrons. The normalized spacial score (nSPS) is 13.8. The fourth-order valence-electron chi connectivity index (χ4n) is 1.23. The topological polar surface area (TPSA) is 6.48 Å². The summed E-state index contributed by atoms with van der Waals surface area (Å²) >= 11 is 0. The van der Waals surface area contributed by atoms with Crippen molar-refractivity contribution in [3.63, 3.8) is 0 Å². The number of hydrogen-bond donors (Lipinski definition) is 0. The molecule has 12 heavy (non-hydrogen) atoms. The molecule has 0 unspecified atom stereocenters. The molecule has 0 aliphatic rings. The zero-order valence-electron chi connectivity index (χ0n) is 9.26. The highest BCUT2D eigenvalue weighted by Gasteiger charge is 2.12. The highest BCUT2D eigenvalue weighted by molar-refractivity contribution is 6.17. The number of nitrogens with zero attached hydrogens (tertiary/aromatic N) is 2. The fraction of sp³-hybridized carbons (Fsp3) is 0.778. The molecule has 0 aliphatic heterocycles. The van der Waals surface area contributed by atoms with Crippen molar-refractivity contribution in [3.05, 3.63) is 11.3 Å². The van der Waals surface area contributed by atoms with Gasteiger partial charge in [-0.3, -0.25) is 9.80 Å². The second-order valence-electron chi connectivity index (χ2n) is 3.75. The van der Waals surface area contributed by atoms with E-state index in [4.69, 9.17) is 0 Å². The predicted molar refractivity (Wildman–Crippen MR) is 59.5 cm³/mol. The van der Waals surface area contributed by atoms with Gasteiger partial charge in [-0.25, -0.2) is 0 Å². The monoisotopic (exact) mass is 186 g/mol. The minimum absolute atomic E-state index is 0.537. The molecule has 0 saturated carbocycles. The summed E-state index contributed by atoms with van der Waals surface area (Å²) in [6, 6.07) is 0. The van der Waals surface area contributed by atoms with Crippen LogP contribution < -0.4 is 0 Å². The van der Waals surface area contributed by atoms with E-state index in [0.29, 0.717) is 6.17 Å². The van der Waals surface area contributed by atoms with E-state index in [0.717, 1.165) is 6.42 Å². The minimum atomic E-state index is 0.537. The third-order valence-electron chi connectivity index (χ3n) is 2.19. The van der Waals surface area contributed by atoms with Crippen LogP contribution >= 0.6 is 0 Å². The van der Waals surface area contributed by atoms with Crippen molar-refractivity contribution in [1.82, 2.24) is 9.80 Å². The van der Waals surface area contributed by atoms with Crippen molar-refractivity contribution in [3.8, 4) is 0 Å². The molecule has 0 radical (unpaired) electrons. The van der Waals surface area contributed by atoms with Crippen LogP contribution in [-0.2, 0) is 0 Å². The summed E-state index contributed by atoms with van der Waals surface area (Å²) in [7, 11) is 9.69. The third kappa shape index (κ3) is 4.04. The lowest BCUT2D eigenvalue weighted by molar-refractivity contribution is 0.129. The van der Waals surface area contributed by atoms with E-state index in [9.17, 15) is 0 Å². The first-order valence-corrected chi connectivity index (χ1v) is 5.59. The van der Waals surface area contributed by atoms with E-state index in [-0.39, 0.29) is 0 Å². The summed E-state index contributed by atoms with van der Waals surface area (Å²) in [5, 5.41) is 0. The van der Waals surface area contributed by atoms with Crippen LogP contribution in [0.15, 0.2) is 11.3 Å². The summed E-state index contributed by atoms with van der Waals surface area (Å²) in [5.74, 6) is 0.